The number of hydrogen-bond donors (Lipinski definition) is 0. The van der Waals surface area contributed by atoms with Gasteiger partial charge in [-0.2, -0.15) is 5.10 Å². The molecule has 4 heteroatoms. The molecule has 12 heavy (non-hydrogen) atoms. The fourth-order valence-electron chi connectivity index (χ4n) is 1.44. The zero-order chi connectivity index (χ0) is 8.72. The van der Waals surface area contributed by atoms with Crippen molar-refractivity contribution in [2.24, 2.45) is 7.05 Å². The summed E-state index contributed by atoms with van der Waals surface area (Å²) in [7, 11) is 1.91. The van der Waals surface area contributed by atoms with Gasteiger partial charge >= 0.3 is 0 Å². The van der Waals surface area contributed by atoms with E-state index < -0.39 is 0 Å². The molecule has 0 N–H and O–H groups in total. The lowest BCUT2D eigenvalue weighted by Gasteiger charge is -1.95. The molecule has 0 bridgehead atoms. The Morgan fingerprint density at radius 1 is 1.17 bits per heavy atom. The molecule has 0 saturated carbocycles. The molecule has 0 fully saturated rings. The van der Waals surface area contributed by atoms with Crippen LogP contribution in [-0.4, -0.2) is 19.7 Å². The summed E-state index contributed by atoms with van der Waals surface area (Å²) >= 11 is 0. The third-order valence-electron chi connectivity index (χ3n) is 1.97. The summed E-state index contributed by atoms with van der Waals surface area (Å²) in [5.41, 5.74) is 3.90. The minimum Gasteiger partial charge on any atom is -0.264 e. The Balaban J connectivity index is 2.99. The molecule has 2 aromatic rings. The van der Waals surface area contributed by atoms with Crippen molar-refractivity contribution < 1.29 is 0 Å². The number of nitrogens with zero attached hydrogens (tertiary/aromatic N) is 4. The van der Waals surface area contributed by atoms with Crippen molar-refractivity contribution in [2.45, 2.75) is 13.8 Å². The van der Waals surface area contributed by atoms with Crippen LogP contribution in [0.1, 0.15) is 11.4 Å². The predicted octanol–water partition coefficient (Wildman–Crippen LogP) is 0.980. The van der Waals surface area contributed by atoms with Crippen LogP contribution in [0.4, 0.5) is 0 Å². The SMILES string of the molecule is Cc1nn(C)c2c(C)ncnc12. The van der Waals surface area contributed by atoms with Gasteiger partial charge in [-0.15, -0.1) is 0 Å². The van der Waals surface area contributed by atoms with E-state index in [2.05, 4.69) is 15.1 Å². The van der Waals surface area contributed by atoms with E-state index in [1.54, 1.807) is 6.33 Å². The van der Waals surface area contributed by atoms with Crippen LogP contribution in [-0.2, 0) is 7.05 Å². The second-order valence-corrected chi connectivity index (χ2v) is 2.87. The monoisotopic (exact) mass is 162 g/mol. The maximum atomic E-state index is 4.27. The van der Waals surface area contributed by atoms with Crippen LogP contribution in [0, 0.1) is 13.8 Å². The third-order valence-corrected chi connectivity index (χ3v) is 1.97. The molecule has 2 heterocycles. The second kappa shape index (κ2) is 2.27. The predicted molar refractivity (Wildman–Crippen MR) is 45.8 cm³/mol. The Hall–Kier alpha value is -1.45. The first-order valence-electron chi connectivity index (χ1n) is 3.81. The zero-order valence-corrected chi connectivity index (χ0v) is 7.37. The van der Waals surface area contributed by atoms with E-state index >= 15 is 0 Å². The fraction of sp³-hybridized carbons (Fsp3) is 0.375. The van der Waals surface area contributed by atoms with Gasteiger partial charge in [0.1, 0.15) is 17.4 Å². The molecule has 0 aliphatic heterocycles. The fourth-order valence-corrected chi connectivity index (χ4v) is 1.44. The summed E-state index contributed by atoms with van der Waals surface area (Å²) in [6.07, 6.45) is 1.58. The molecule has 0 amide bonds. The molecule has 0 atom stereocenters. The Labute approximate surface area is 70.3 Å². The highest BCUT2D eigenvalue weighted by Crippen LogP contribution is 2.15. The summed E-state index contributed by atoms with van der Waals surface area (Å²) < 4.78 is 1.82. The standard InChI is InChI=1S/C8H10N4/c1-5-7-8(12(3)11-5)6(2)9-4-10-7/h4H,1-3H3. The Bertz CT molecular complexity index is 430. The highest BCUT2D eigenvalue weighted by atomic mass is 15.3. The van der Waals surface area contributed by atoms with Gasteiger partial charge in [0, 0.05) is 7.05 Å². The van der Waals surface area contributed by atoms with E-state index in [4.69, 9.17) is 0 Å². The molecular formula is C8H10N4. The summed E-state index contributed by atoms with van der Waals surface area (Å²) in [5, 5.41) is 4.27. The lowest BCUT2D eigenvalue weighted by molar-refractivity contribution is 0.779. The lowest BCUT2D eigenvalue weighted by atomic mass is 10.3. The topological polar surface area (TPSA) is 43.6 Å². The average molecular weight is 162 g/mol. The van der Waals surface area contributed by atoms with Gasteiger partial charge in [0.05, 0.1) is 11.4 Å². The van der Waals surface area contributed by atoms with Crippen molar-refractivity contribution in [3.63, 3.8) is 0 Å². The van der Waals surface area contributed by atoms with E-state index in [1.165, 1.54) is 0 Å². The highest BCUT2D eigenvalue weighted by Gasteiger charge is 2.07. The lowest BCUT2D eigenvalue weighted by Crippen LogP contribution is -1.93. The van der Waals surface area contributed by atoms with Crippen LogP contribution in [0.5, 0.6) is 0 Å². The van der Waals surface area contributed by atoms with Gasteiger partial charge < -0.3 is 0 Å². The molecule has 2 rings (SSSR count). The van der Waals surface area contributed by atoms with Gasteiger partial charge in [0.2, 0.25) is 0 Å². The molecule has 0 radical (unpaired) electrons. The number of aryl methyl sites for hydroxylation is 3. The number of hydrogen-bond acceptors (Lipinski definition) is 3. The van der Waals surface area contributed by atoms with E-state index in [1.807, 2.05) is 25.6 Å². The maximum Gasteiger partial charge on any atom is 0.116 e. The van der Waals surface area contributed by atoms with Crippen molar-refractivity contribution in [3.05, 3.63) is 17.7 Å². The number of rotatable bonds is 0. The molecule has 2 aromatic heterocycles. The van der Waals surface area contributed by atoms with Gasteiger partial charge in [-0.25, -0.2) is 9.97 Å². The first-order valence-corrected chi connectivity index (χ1v) is 3.81. The van der Waals surface area contributed by atoms with Gasteiger partial charge in [-0.3, -0.25) is 4.68 Å². The molecule has 0 spiro atoms. The number of fused-ring (bicyclic) bond motifs is 1. The summed E-state index contributed by atoms with van der Waals surface area (Å²) in [6.45, 7) is 3.92. The molecular weight excluding hydrogens is 152 g/mol. The van der Waals surface area contributed by atoms with E-state index in [0.717, 1.165) is 22.4 Å². The van der Waals surface area contributed by atoms with Crippen molar-refractivity contribution in [3.8, 4) is 0 Å². The Kier molecular flexibility index (Phi) is 1.36. The smallest absolute Gasteiger partial charge is 0.116 e. The molecule has 0 unspecified atom stereocenters. The van der Waals surface area contributed by atoms with Gasteiger partial charge in [0.15, 0.2) is 0 Å². The Morgan fingerprint density at radius 3 is 2.58 bits per heavy atom. The summed E-state index contributed by atoms with van der Waals surface area (Å²) in [5.74, 6) is 0. The molecule has 0 aromatic carbocycles. The zero-order valence-electron chi connectivity index (χ0n) is 7.37. The molecule has 0 aliphatic carbocycles. The van der Waals surface area contributed by atoms with Gasteiger partial charge in [0.25, 0.3) is 0 Å². The van der Waals surface area contributed by atoms with E-state index in [-0.39, 0.29) is 0 Å². The van der Waals surface area contributed by atoms with Crippen molar-refractivity contribution >= 4 is 11.0 Å². The maximum absolute atomic E-state index is 4.27. The Morgan fingerprint density at radius 2 is 1.92 bits per heavy atom. The van der Waals surface area contributed by atoms with Crippen LogP contribution in [0.2, 0.25) is 0 Å². The summed E-state index contributed by atoms with van der Waals surface area (Å²) in [6, 6.07) is 0. The minimum atomic E-state index is 0.949. The minimum absolute atomic E-state index is 0.949. The quantitative estimate of drug-likeness (QED) is 0.580. The molecule has 4 nitrogen and oxygen atoms in total. The normalized spacial score (nSPS) is 10.9. The van der Waals surface area contributed by atoms with Crippen LogP contribution in [0.25, 0.3) is 11.0 Å². The molecule has 0 aliphatic rings. The van der Waals surface area contributed by atoms with Crippen molar-refractivity contribution in [1.29, 1.82) is 0 Å². The van der Waals surface area contributed by atoms with Crippen molar-refractivity contribution in [2.75, 3.05) is 0 Å². The van der Waals surface area contributed by atoms with E-state index in [0.29, 0.717) is 0 Å². The first kappa shape index (κ1) is 7.21. The molecule has 0 saturated heterocycles. The summed E-state index contributed by atoms with van der Waals surface area (Å²) in [4.78, 5) is 8.28. The first-order chi connectivity index (χ1) is 5.70. The second-order valence-electron chi connectivity index (χ2n) is 2.87. The highest BCUT2D eigenvalue weighted by molar-refractivity contribution is 5.78. The third kappa shape index (κ3) is 0.809. The van der Waals surface area contributed by atoms with Crippen LogP contribution < -0.4 is 0 Å². The van der Waals surface area contributed by atoms with Gasteiger partial charge in [-0.1, -0.05) is 0 Å². The largest absolute Gasteiger partial charge is 0.264 e. The number of aromatic nitrogens is 4. The van der Waals surface area contributed by atoms with Crippen LogP contribution in [0.15, 0.2) is 6.33 Å². The average Bonchev–Trinajstić information content (AvgIpc) is 2.29. The van der Waals surface area contributed by atoms with Crippen LogP contribution in [0.3, 0.4) is 0 Å². The van der Waals surface area contributed by atoms with Crippen molar-refractivity contribution in [1.82, 2.24) is 19.7 Å². The molecule has 62 valence electrons. The van der Waals surface area contributed by atoms with Gasteiger partial charge in [-0.05, 0) is 13.8 Å². The van der Waals surface area contributed by atoms with Crippen LogP contribution >= 0.6 is 0 Å². The van der Waals surface area contributed by atoms with E-state index in [9.17, 15) is 0 Å².